The molecule has 86 valence electrons. The lowest BCUT2D eigenvalue weighted by atomic mass is 10.2. The summed E-state index contributed by atoms with van der Waals surface area (Å²) in [7, 11) is 0. The summed E-state index contributed by atoms with van der Waals surface area (Å²) in [4.78, 5) is 9.24. The van der Waals surface area contributed by atoms with Gasteiger partial charge in [-0.05, 0) is 13.3 Å². The Morgan fingerprint density at radius 2 is 1.86 bits per heavy atom. The standard InChI is InChI=1S/C8H18O.C2H5NO2/c1-3-5-6-7-8-9-4-2;3-1-2(4)5/h3-8H2,1-2H3;1,3H2,(H,4,5). The van der Waals surface area contributed by atoms with E-state index in [4.69, 9.17) is 9.84 Å². The van der Waals surface area contributed by atoms with Crippen molar-refractivity contribution in [2.75, 3.05) is 19.8 Å². The molecular weight excluding hydrogens is 182 g/mol. The lowest BCUT2D eigenvalue weighted by Gasteiger charge is -1.98. The van der Waals surface area contributed by atoms with Gasteiger partial charge in [0.15, 0.2) is 0 Å². The fourth-order valence-corrected chi connectivity index (χ4v) is 0.775. The number of unbranched alkanes of at least 4 members (excludes halogenated alkanes) is 3. The molecule has 0 aliphatic carbocycles. The Labute approximate surface area is 86.4 Å². The van der Waals surface area contributed by atoms with E-state index >= 15 is 0 Å². The maximum Gasteiger partial charge on any atom is 0.317 e. The van der Waals surface area contributed by atoms with Gasteiger partial charge in [-0.15, -0.1) is 0 Å². The molecule has 0 atom stereocenters. The predicted octanol–water partition coefficient (Wildman–Crippen LogP) is 1.63. The van der Waals surface area contributed by atoms with Gasteiger partial charge in [-0.25, -0.2) is 0 Å². The molecule has 0 bridgehead atoms. The van der Waals surface area contributed by atoms with Crippen molar-refractivity contribution in [3.8, 4) is 0 Å². The maximum absolute atomic E-state index is 9.24. The highest BCUT2D eigenvalue weighted by molar-refractivity contribution is 5.68. The molecule has 14 heavy (non-hydrogen) atoms. The highest BCUT2D eigenvalue weighted by atomic mass is 16.5. The topological polar surface area (TPSA) is 72.5 Å². The average molecular weight is 205 g/mol. The molecule has 0 saturated carbocycles. The first-order chi connectivity index (χ1) is 6.68. The Balaban J connectivity index is 0. The smallest absolute Gasteiger partial charge is 0.317 e. The van der Waals surface area contributed by atoms with Crippen LogP contribution in [0.2, 0.25) is 0 Å². The highest BCUT2D eigenvalue weighted by Crippen LogP contribution is 1.98. The van der Waals surface area contributed by atoms with Crippen molar-refractivity contribution in [1.82, 2.24) is 0 Å². The van der Waals surface area contributed by atoms with Gasteiger partial charge in [0.1, 0.15) is 0 Å². The first kappa shape index (κ1) is 15.8. The third-order valence-electron chi connectivity index (χ3n) is 1.52. The van der Waals surface area contributed by atoms with Gasteiger partial charge < -0.3 is 15.6 Å². The molecule has 0 fully saturated rings. The zero-order valence-electron chi connectivity index (χ0n) is 9.29. The summed E-state index contributed by atoms with van der Waals surface area (Å²) in [5.41, 5.74) is 4.57. The molecule has 0 amide bonds. The van der Waals surface area contributed by atoms with Crippen molar-refractivity contribution in [2.45, 2.75) is 39.5 Å². The predicted molar refractivity (Wildman–Crippen MR) is 57.3 cm³/mol. The Morgan fingerprint density at radius 3 is 2.21 bits per heavy atom. The molecule has 0 spiro atoms. The third-order valence-corrected chi connectivity index (χ3v) is 1.52. The Bertz CT molecular complexity index is 112. The third kappa shape index (κ3) is 22.5. The number of aliphatic carboxylic acids is 1. The van der Waals surface area contributed by atoms with Crippen LogP contribution in [0.1, 0.15) is 39.5 Å². The van der Waals surface area contributed by atoms with E-state index in [0.717, 1.165) is 13.2 Å². The molecule has 0 aromatic rings. The first-order valence-electron chi connectivity index (χ1n) is 5.18. The number of rotatable bonds is 7. The van der Waals surface area contributed by atoms with E-state index in [1.807, 2.05) is 6.92 Å². The lowest BCUT2D eigenvalue weighted by molar-refractivity contribution is -0.135. The maximum atomic E-state index is 9.24. The molecule has 4 heteroatoms. The summed E-state index contributed by atoms with van der Waals surface area (Å²) in [6.45, 7) is 5.81. The van der Waals surface area contributed by atoms with E-state index < -0.39 is 5.97 Å². The SMILES string of the molecule is CCCCCCOCC.NCC(=O)O. The molecule has 0 unspecified atom stereocenters. The molecule has 0 aromatic carbocycles. The van der Waals surface area contributed by atoms with Crippen molar-refractivity contribution in [3.63, 3.8) is 0 Å². The second-order valence-electron chi connectivity index (χ2n) is 2.86. The van der Waals surface area contributed by atoms with Crippen LogP contribution in [-0.2, 0) is 9.53 Å². The summed E-state index contributed by atoms with van der Waals surface area (Å²) >= 11 is 0. The van der Waals surface area contributed by atoms with E-state index in [9.17, 15) is 4.79 Å². The van der Waals surface area contributed by atoms with Crippen LogP contribution in [0.4, 0.5) is 0 Å². The monoisotopic (exact) mass is 205 g/mol. The minimum atomic E-state index is -0.968. The number of carboxylic acid groups (broad SMARTS) is 1. The van der Waals surface area contributed by atoms with Gasteiger partial charge in [0.05, 0.1) is 6.54 Å². The number of hydrogen-bond donors (Lipinski definition) is 2. The number of nitrogens with two attached hydrogens (primary N) is 1. The summed E-state index contributed by atoms with van der Waals surface area (Å²) < 4.78 is 5.18. The molecule has 4 nitrogen and oxygen atoms in total. The Hall–Kier alpha value is -0.610. The molecule has 0 heterocycles. The molecule has 0 aliphatic heterocycles. The van der Waals surface area contributed by atoms with E-state index in [-0.39, 0.29) is 6.54 Å². The van der Waals surface area contributed by atoms with Crippen LogP contribution in [-0.4, -0.2) is 30.8 Å². The number of ether oxygens (including phenoxy) is 1. The van der Waals surface area contributed by atoms with E-state index in [0.29, 0.717) is 0 Å². The van der Waals surface area contributed by atoms with E-state index in [1.165, 1.54) is 25.7 Å². The van der Waals surface area contributed by atoms with Crippen LogP contribution in [0.3, 0.4) is 0 Å². The van der Waals surface area contributed by atoms with Gasteiger partial charge in [0, 0.05) is 13.2 Å². The number of carboxylic acids is 1. The zero-order valence-corrected chi connectivity index (χ0v) is 9.29. The van der Waals surface area contributed by atoms with Gasteiger partial charge in [0.2, 0.25) is 0 Å². The highest BCUT2D eigenvalue weighted by Gasteiger charge is 1.85. The largest absolute Gasteiger partial charge is 0.480 e. The summed E-state index contributed by atoms with van der Waals surface area (Å²) in [6.07, 6.45) is 5.23. The molecule has 0 aliphatic rings. The Morgan fingerprint density at radius 1 is 1.29 bits per heavy atom. The average Bonchev–Trinajstić information content (AvgIpc) is 2.19. The lowest BCUT2D eigenvalue weighted by Crippen LogP contribution is -2.10. The quantitative estimate of drug-likeness (QED) is 0.620. The zero-order chi connectivity index (χ0) is 11.2. The molecule has 0 radical (unpaired) electrons. The summed E-state index contributed by atoms with van der Waals surface area (Å²) in [5.74, 6) is -0.968. The first-order valence-corrected chi connectivity index (χ1v) is 5.18. The van der Waals surface area contributed by atoms with Crippen molar-refractivity contribution in [3.05, 3.63) is 0 Å². The van der Waals surface area contributed by atoms with Crippen LogP contribution in [0.5, 0.6) is 0 Å². The fourth-order valence-electron chi connectivity index (χ4n) is 0.775. The van der Waals surface area contributed by atoms with Gasteiger partial charge in [-0.1, -0.05) is 26.2 Å². The van der Waals surface area contributed by atoms with Crippen molar-refractivity contribution < 1.29 is 14.6 Å². The minimum absolute atomic E-state index is 0.278. The summed E-state index contributed by atoms with van der Waals surface area (Å²) in [6, 6.07) is 0. The van der Waals surface area contributed by atoms with Crippen molar-refractivity contribution in [2.24, 2.45) is 5.73 Å². The van der Waals surface area contributed by atoms with Crippen LogP contribution < -0.4 is 5.73 Å². The molecule has 0 saturated heterocycles. The van der Waals surface area contributed by atoms with Crippen molar-refractivity contribution in [1.29, 1.82) is 0 Å². The fraction of sp³-hybridized carbons (Fsp3) is 0.900. The number of hydrogen-bond acceptors (Lipinski definition) is 3. The van der Waals surface area contributed by atoms with Crippen molar-refractivity contribution >= 4 is 5.97 Å². The van der Waals surface area contributed by atoms with Crippen LogP contribution in [0.25, 0.3) is 0 Å². The van der Waals surface area contributed by atoms with Gasteiger partial charge in [-0.2, -0.15) is 0 Å². The van der Waals surface area contributed by atoms with E-state index in [1.54, 1.807) is 0 Å². The molecular formula is C10H23NO3. The second-order valence-corrected chi connectivity index (χ2v) is 2.86. The van der Waals surface area contributed by atoms with Crippen LogP contribution >= 0.6 is 0 Å². The van der Waals surface area contributed by atoms with Gasteiger partial charge in [0.25, 0.3) is 0 Å². The van der Waals surface area contributed by atoms with E-state index in [2.05, 4.69) is 12.7 Å². The van der Waals surface area contributed by atoms with Crippen LogP contribution in [0.15, 0.2) is 0 Å². The number of carbonyl (C=O) groups is 1. The Kier molecular flexibility index (Phi) is 16.9. The van der Waals surface area contributed by atoms with Gasteiger partial charge in [-0.3, -0.25) is 4.79 Å². The van der Waals surface area contributed by atoms with Gasteiger partial charge >= 0.3 is 5.97 Å². The van der Waals surface area contributed by atoms with Crippen LogP contribution in [0, 0.1) is 0 Å². The summed E-state index contributed by atoms with van der Waals surface area (Å²) in [5, 5.41) is 7.60. The minimum Gasteiger partial charge on any atom is -0.480 e. The molecule has 3 N–H and O–H groups in total. The second kappa shape index (κ2) is 14.9. The normalized spacial score (nSPS) is 9.07. The molecule has 0 aromatic heterocycles. The molecule has 0 rings (SSSR count).